The molecule has 0 bridgehead atoms. The SMILES string of the molecule is CCC(c1cccc(C(N)[N-]C2NC=C(c3ccccc3)C=C2c2ccccc2)c1)c1ccccc1-c1cc2c(cc1C)-c1c(c3ccccc3c3ccccc13)C2(c1ccccc1)c1ccccc1. The van der Waals surface area contributed by atoms with Crippen molar-refractivity contribution in [2.45, 2.75) is 43.9 Å². The molecule has 10 aromatic rings. The van der Waals surface area contributed by atoms with E-state index in [2.05, 4.69) is 256 Å². The molecular formula is C67H54N3-. The summed E-state index contributed by atoms with van der Waals surface area (Å²) in [5.41, 5.74) is 26.1. The Morgan fingerprint density at radius 3 is 1.76 bits per heavy atom. The van der Waals surface area contributed by atoms with Crippen molar-refractivity contribution in [2.75, 3.05) is 0 Å². The number of nitrogens with one attached hydrogen (secondary N) is 1. The normalized spacial score (nSPS) is 15.6. The summed E-state index contributed by atoms with van der Waals surface area (Å²) in [4.78, 5) is 0. The van der Waals surface area contributed by atoms with Crippen molar-refractivity contribution in [3.8, 4) is 22.3 Å². The predicted molar refractivity (Wildman–Crippen MR) is 294 cm³/mol. The molecule has 0 saturated carbocycles. The summed E-state index contributed by atoms with van der Waals surface area (Å²) in [6.07, 6.45) is 4.35. The van der Waals surface area contributed by atoms with Gasteiger partial charge in [0.15, 0.2) is 0 Å². The minimum atomic E-state index is -0.589. The molecule has 0 spiro atoms. The van der Waals surface area contributed by atoms with Gasteiger partial charge in [0, 0.05) is 12.1 Å². The standard InChI is InChI=1S/C67H54N3/c1-3-52(47-27-22-28-48(40-47)65(68)70-66-60(46-25-10-5-11-26-46)41-49(43-69-66)45-23-8-4-9-24-45)53-33-16-17-36-56(53)59-42-62-61(39-44(59)2)63-57-37-20-18-34-54(57)55-35-19-21-38-58(55)64(63)67(62,50-29-12-6-13-30-50)51-31-14-7-15-32-51/h4-43,52,65-66,69H,3,68H2,1-2H3/q-1. The summed E-state index contributed by atoms with van der Waals surface area (Å²) in [6.45, 7) is 4.61. The quantitative estimate of drug-likeness (QED) is 0.127. The van der Waals surface area contributed by atoms with Gasteiger partial charge in [-0.05, 0) is 137 Å². The van der Waals surface area contributed by atoms with Gasteiger partial charge >= 0.3 is 0 Å². The maximum Gasteiger partial charge on any atom is 0.0720 e. The third-order valence-corrected chi connectivity index (χ3v) is 15.0. The van der Waals surface area contributed by atoms with Crippen LogP contribution in [0.25, 0.3) is 60.3 Å². The number of aryl methyl sites for hydroxylation is 1. The Kier molecular flexibility index (Phi) is 11.2. The second kappa shape index (κ2) is 18.1. The highest BCUT2D eigenvalue weighted by Gasteiger charge is 2.48. The van der Waals surface area contributed by atoms with Gasteiger partial charge in [0.1, 0.15) is 0 Å². The lowest BCUT2D eigenvalue weighted by atomic mass is 9.66. The van der Waals surface area contributed by atoms with Crippen LogP contribution in [0.1, 0.15) is 81.1 Å². The molecule has 12 rings (SSSR count). The van der Waals surface area contributed by atoms with Gasteiger partial charge in [-0.2, -0.15) is 0 Å². The number of allylic oxidation sites excluding steroid dienone is 2. The Morgan fingerprint density at radius 2 is 1.09 bits per heavy atom. The first-order chi connectivity index (χ1) is 34.5. The average molecular weight is 901 g/mol. The first-order valence-electron chi connectivity index (χ1n) is 24.7. The molecule has 3 heteroatoms. The third-order valence-electron chi connectivity index (χ3n) is 15.0. The summed E-state index contributed by atoms with van der Waals surface area (Å²) in [7, 11) is 0. The third kappa shape index (κ3) is 7.20. The van der Waals surface area contributed by atoms with Crippen molar-refractivity contribution in [1.82, 2.24) is 5.32 Å². The molecule has 0 radical (unpaired) electrons. The Balaban J connectivity index is 0.969. The number of hydrogen-bond donors (Lipinski definition) is 2. The fourth-order valence-corrected chi connectivity index (χ4v) is 11.8. The molecule has 1 aliphatic heterocycles. The number of hydrogen-bond acceptors (Lipinski definition) is 2. The number of nitrogens with zero attached hydrogens (tertiary/aromatic N) is 1. The summed E-state index contributed by atoms with van der Waals surface area (Å²) in [5, 5.41) is 14.0. The highest BCUT2D eigenvalue weighted by molar-refractivity contribution is 6.19. The van der Waals surface area contributed by atoms with E-state index in [9.17, 15) is 0 Å². The van der Waals surface area contributed by atoms with Gasteiger partial charge in [-0.15, -0.1) is 0 Å². The molecule has 3 N–H and O–H groups in total. The van der Waals surface area contributed by atoms with E-state index in [0.29, 0.717) is 0 Å². The zero-order valence-corrected chi connectivity index (χ0v) is 39.6. The molecule has 2 aliphatic rings. The maximum absolute atomic E-state index is 7.13. The number of dihydropyridines is 1. The van der Waals surface area contributed by atoms with Crippen LogP contribution in [-0.4, -0.2) is 6.17 Å². The van der Waals surface area contributed by atoms with Crippen LogP contribution in [0.15, 0.2) is 243 Å². The maximum atomic E-state index is 7.13. The van der Waals surface area contributed by atoms with Gasteiger partial charge in [-0.25, -0.2) is 0 Å². The van der Waals surface area contributed by atoms with Crippen molar-refractivity contribution < 1.29 is 0 Å². The van der Waals surface area contributed by atoms with Crippen molar-refractivity contribution in [3.05, 3.63) is 304 Å². The van der Waals surface area contributed by atoms with Crippen molar-refractivity contribution in [3.63, 3.8) is 0 Å². The fraction of sp³-hybridized carbons (Fsp3) is 0.104. The van der Waals surface area contributed by atoms with Crippen LogP contribution < -0.4 is 11.1 Å². The van der Waals surface area contributed by atoms with E-state index in [1.807, 2.05) is 6.07 Å². The van der Waals surface area contributed by atoms with Crippen molar-refractivity contribution in [1.29, 1.82) is 0 Å². The Hall–Kier alpha value is -8.08. The van der Waals surface area contributed by atoms with Gasteiger partial charge in [0.25, 0.3) is 0 Å². The lowest BCUT2D eigenvalue weighted by Gasteiger charge is -2.41. The minimum absolute atomic E-state index is 0.109. The molecule has 1 aliphatic carbocycles. The first kappa shape index (κ1) is 43.2. The molecule has 0 amide bonds. The van der Waals surface area contributed by atoms with Crippen molar-refractivity contribution in [2.24, 2.45) is 5.73 Å². The van der Waals surface area contributed by atoms with Crippen LogP contribution in [0.5, 0.6) is 0 Å². The van der Waals surface area contributed by atoms with Crippen molar-refractivity contribution >= 4 is 32.7 Å². The van der Waals surface area contributed by atoms with E-state index >= 15 is 0 Å². The number of fused-ring (bicyclic) bond motifs is 8. The topological polar surface area (TPSA) is 52.2 Å². The second-order valence-electron chi connectivity index (χ2n) is 18.8. The Bertz CT molecular complexity index is 3570. The van der Waals surface area contributed by atoms with Gasteiger partial charge in [0.05, 0.1) is 5.41 Å². The Morgan fingerprint density at radius 1 is 0.529 bits per heavy atom. The zero-order chi connectivity index (χ0) is 47.2. The van der Waals surface area contributed by atoms with Crippen LogP contribution in [0.4, 0.5) is 0 Å². The summed E-state index contributed by atoms with van der Waals surface area (Å²) in [6, 6.07) is 84.4. The molecule has 0 saturated heterocycles. The highest BCUT2D eigenvalue weighted by atomic mass is 15.2. The number of nitrogens with two attached hydrogens (primary N) is 1. The van der Waals surface area contributed by atoms with Crippen LogP contribution in [0, 0.1) is 6.92 Å². The van der Waals surface area contributed by atoms with Crippen LogP contribution in [0.2, 0.25) is 0 Å². The molecule has 0 aromatic heterocycles. The van der Waals surface area contributed by atoms with E-state index in [0.717, 1.165) is 34.3 Å². The monoisotopic (exact) mass is 900 g/mol. The molecule has 10 aromatic carbocycles. The van der Waals surface area contributed by atoms with E-state index in [-0.39, 0.29) is 12.1 Å². The fourth-order valence-electron chi connectivity index (χ4n) is 11.8. The molecule has 0 fully saturated rings. The largest absolute Gasteiger partial charge is 0.620 e. The predicted octanol–water partition coefficient (Wildman–Crippen LogP) is 16.3. The van der Waals surface area contributed by atoms with Gasteiger partial charge in [-0.3, -0.25) is 0 Å². The molecule has 3 nitrogen and oxygen atoms in total. The van der Waals surface area contributed by atoms with Gasteiger partial charge in [0.2, 0.25) is 0 Å². The Labute approximate surface area is 411 Å². The minimum Gasteiger partial charge on any atom is -0.620 e. The average Bonchev–Trinajstić information content (AvgIpc) is 3.73. The second-order valence-corrected chi connectivity index (χ2v) is 18.8. The molecule has 3 atom stereocenters. The highest BCUT2D eigenvalue weighted by Crippen LogP contribution is 2.61. The van der Waals surface area contributed by atoms with E-state index in [1.165, 1.54) is 82.7 Å². The number of rotatable bonds is 11. The van der Waals surface area contributed by atoms with Gasteiger partial charge < -0.3 is 16.4 Å². The molecule has 338 valence electrons. The lowest BCUT2D eigenvalue weighted by molar-refractivity contribution is 0.709. The smallest absolute Gasteiger partial charge is 0.0720 e. The number of benzene rings is 10. The van der Waals surface area contributed by atoms with E-state index < -0.39 is 11.6 Å². The van der Waals surface area contributed by atoms with Gasteiger partial charge in [-0.1, -0.05) is 243 Å². The summed E-state index contributed by atoms with van der Waals surface area (Å²) >= 11 is 0. The zero-order valence-electron chi connectivity index (χ0n) is 39.6. The molecular weight excluding hydrogens is 847 g/mol. The summed E-state index contributed by atoms with van der Waals surface area (Å²) in [5.74, 6) is 0.109. The lowest BCUT2D eigenvalue weighted by Crippen LogP contribution is -2.31. The first-order valence-corrected chi connectivity index (χ1v) is 24.7. The molecule has 70 heavy (non-hydrogen) atoms. The van der Waals surface area contributed by atoms with Crippen LogP contribution >= 0.6 is 0 Å². The van der Waals surface area contributed by atoms with Crippen LogP contribution in [0.3, 0.4) is 0 Å². The van der Waals surface area contributed by atoms with E-state index in [1.54, 1.807) is 0 Å². The van der Waals surface area contributed by atoms with Crippen LogP contribution in [-0.2, 0) is 5.41 Å². The van der Waals surface area contributed by atoms with E-state index in [4.69, 9.17) is 11.1 Å². The summed E-state index contributed by atoms with van der Waals surface area (Å²) < 4.78 is 0. The molecule has 3 unspecified atom stereocenters. The molecule has 1 heterocycles.